The zero-order valence-electron chi connectivity index (χ0n) is 8.18. The van der Waals surface area contributed by atoms with Crippen LogP contribution in [0.4, 0.5) is 5.69 Å². The summed E-state index contributed by atoms with van der Waals surface area (Å²) in [5.74, 6) is 0.0496. The maximum absolute atomic E-state index is 9.40. The Balaban J connectivity index is 2.06. The summed E-state index contributed by atoms with van der Waals surface area (Å²) >= 11 is 6.15. The maximum Gasteiger partial charge on any atom is 0.209 e. The molecule has 0 bridgehead atoms. The minimum Gasteiger partial charge on any atom is -0.494 e. The molecular weight excluding hydrogens is 242 g/mol. The average Bonchev–Trinajstić information content (AvgIpc) is 2.59. The Morgan fingerprint density at radius 2 is 2.12 bits per heavy atom. The van der Waals surface area contributed by atoms with Crippen LogP contribution in [0.2, 0.25) is 0 Å². The van der Waals surface area contributed by atoms with Gasteiger partial charge in [0.1, 0.15) is 4.88 Å². The largest absolute Gasteiger partial charge is 0.494 e. The van der Waals surface area contributed by atoms with Crippen LogP contribution in [-0.2, 0) is 0 Å². The summed E-state index contributed by atoms with van der Waals surface area (Å²) in [6.45, 7) is 0. The molecule has 82 valence electrons. The molecule has 0 radical (unpaired) electrons. The molecule has 2 aromatic rings. The molecule has 1 aromatic carbocycles. The van der Waals surface area contributed by atoms with Gasteiger partial charge in [0.2, 0.25) is 5.88 Å². The first-order chi connectivity index (χ1) is 7.75. The van der Waals surface area contributed by atoms with Crippen LogP contribution in [0.25, 0.3) is 0 Å². The number of aromatic hydroxyl groups is 1. The Hall–Kier alpha value is -1.66. The molecule has 4 nitrogen and oxygen atoms in total. The van der Waals surface area contributed by atoms with Gasteiger partial charge in [-0.05, 0) is 24.4 Å². The minimum absolute atomic E-state index is 0.0496. The van der Waals surface area contributed by atoms with Crippen LogP contribution >= 0.6 is 23.6 Å². The first kappa shape index (κ1) is 10.8. The topological polar surface area (TPSA) is 60.4 Å². The van der Waals surface area contributed by atoms with Crippen molar-refractivity contribution >= 4 is 35.5 Å². The fraction of sp³-hybridized carbons (Fsp3) is 0. The SMILES string of the molecule is Oc1[nH]c(=S)sc1/C=N\Nc1ccccc1. The molecule has 1 aromatic heterocycles. The van der Waals surface area contributed by atoms with Crippen molar-refractivity contribution in [1.29, 1.82) is 0 Å². The Bertz CT molecular complexity index is 545. The summed E-state index contributed by atoms with van der Waals surface area (Å²) in [5, 5.41) is 13.4. The predicted molar refractivity (Wildman–Crippen MR) is 68.8 cm³/mol. The Morgan fingerprint density at radius 1 is 1.38 bits per heavy atom. The van der Waals surface area contributed by atoms with Gasteiger partial charge in [0, 0.05) is 0 Å². The summed E-state index contributed by atoms with van der Waals surface area (Å²) in [7, 11) is 0. The van der Waals surface area contributed by atoms with Gasteiger partial charge in [-0.1, -0.05) is 29.5 Å². The molecule has 0 aliphatic heterocycles. The van der Waals surface area contributed by atoms with Crippen LogP contribution in [0.15, 0.2) is 35.4 Å². The highest BCUT2D eigenvalue weighted by molar-refractivity contribution is 7.73. The molecular formula is C10H9N3OS2. The molecule has 0 spiro atoms. The highest BCUT2D eigenvalue weighted by Gasteiger charge is 2.00. The van der Waals surface area contributed by atoms with Gasteiger partial charge in [0.15, 0.2) is 3.95 Å². The number of hydrogen-bond donors (Lipinski definition) is 3. The number of para-hydroxylation sites is 1. The third-order valence-corrected chi connectivity index (χ3v) is 2.96. The third kappa shape index (κ3) is 2.68. The second kappa shape index (κ2) is 4.91. The van der Waals surface area contributed by atoms with Gasteiger partial charge in [0.25, 0.3) is 0 Å². The fourth-order valence-corrected chi connectivity index (χ4v) is 2.06. The average molecular weight is 251 g/mol. The Kier molecular flexibility index (Phi) is 3.33. The molecule has 6 heteroatoms. The Labute approximate surface area is 101 Å². The highest BCUT2D eigenvalue weighted by Crippen LogP contribution is 2.18. The summed E-state index contributed by atoms with van der Waals surface area (Å²) in [5.41, 5.74) is 3.73. The summed E-state index contributed by atoms with van der Waals surface area (Å²) in [6.07, 6.45) is 1.53. The number of thiazole rings is 1. The molecule has 0 atom stereocenters. The van der Waals surface area contributed by atoms with E-state index in [4.69, 9.17) is 12.2 Å². The van der Waals surface area contributed by atoms with Gasteiger partial charge in [-0.3, -0.25) is 5.43 Å². The number of aromatic nitrogens is 1. The molecule has 0 aliphatic rings. The van der Waals surface area contributed by atoms with Crippen molar-refractivity contribution in [1.82, 2.24) is 4.98 Å². The van der Waals surface area contributed by atoms with E-state index in [1.54, 1.807) is 0 Å². The van der Waals surface area contributed by atoms with Crippen molar-refractivity contribution in [3.05, 3.63) is 39.2 Å². The summed E-state index contributed by atoms with van der Waals surface area (Å²) in [6, 6.07) is 9.55. The maximum atomic E-state index is 9.40. The monoisotopic (exact) mass is 251 g/mol. The van der Waals surface area contributed by atoms with E-state index in [0.717, 1.165) is 5.69 Å². The van der Waals surface area contributed by atoms with Gasteiger partial charge in [-0.2, -0.15) is 5.10 Å². The Morgan fingerprint density at radius 3 is 2.75 bits per heavy atom. The highest BCUT2D eigenvalue weighted by atomic mass is 32.1. The minimum atomic E-state index is 0.0496. The van der Waals surface area contributed by atoms with Crippen molar-refractivity contribution in [3.63, 3.8) is 0 Å². The second-order valence-corrected chi connectivity index (χ2v) is 4.68. The van der Waals surface area contributed by atoms with E-state index in [0.29, 0.717) is 8.83 Å². The number of hydrazone groups is 1. The zero-order valence-corrected chi connectivity index (χ0v) is 9.81. The first-order valence-electron chi connectivity index (χ1n) is 4.52. The number of nitrogens with one attached hydrogen (secondary N) is 2. The van der Waals surface area contributed by atoms with Gasteiger partial charge < -0.3 is 10.1 Å². The number of rotatable bonds is 3. The molecule has 2 rings (SSSR count). The smallest absolute Gasteiger partial charge is 0.209 e. The van der Waals surface area contributed by atoms with Gasteiger partial charge in [-0.25, -0.2) is 0 Å². The summed E-state index contributed by atoms with van der Waals surface area (Å²) in [4.78, 5) is 3.23. The first-order valence-corrected chi connectivity index (χ1v) is 5.74. The third-order valence-electron chi connectivity index (χ3n) is 1.81. The number of benzene rings is 1. The van der Waals surface area contributed by atoms with Crippen molar-refractivity contribution in [2.75, 3.05) is 5.43 Å². The standard InChI is InChI=1S/C10H9N3OS2/c14-9-8(16-10(15)12-9)6-11-13-7-4-2-1-3-5-7/h1-6,13-14H,(H,12,15)/b11-6-. The molecule has 0 saturated carbocycles. The lowest BCUT2D eigenvalue weighted by Crippen LogP contribution is -1.88. The number of anilines is 1. The van der Waals surface area contributed by atoms with E-state index in [1.807, 2.05) is 30.3 Å². The number of H-pyrrole nitrogens is 1. The van der Waals surface area contributed by atoms with Crippen LogP contribution in [-0.4, -0.2) is 16.3 Å². The zero-order chi connectivity index (χ0) is 11.4. The lowest BCUT2D eigenvalue weighted by Gasteiger charge is -1.97. The molecule has 1 heterocycles. The van der Waals surface area contributed by atoms with Gasteiger partial charge >= 0.3 is 0 Å². The molecule has 16 heavy (non-hydrogen) atoms. The van der Waals surface area contributed by atoms with Crippen molar-refractivity contribution in [2.45, 2.75) is 0 Å². The van der Waals surface area contributed by atoms with E-state index in [1.165, 1.54) is 17.6 Å². The van der Waals surface area contributed by atoms with E-state index >= 15 is 0 Å². The fourth-order valence-electron chi connectivity index (χ4n) is 1.10. The number of hydrogen-bond acceptors (Lipinski definition) is 5. The van der Waals surface area contributed by atoms with Crippen LogP contribution in [0, 0.1) is 3.95 Å². The van der Waals surface area contributed by atoms with Crippen LogP contribution < -0.4 is 5.43 Å². The van der Waals surface area contributed by atoms with Gasteiger partial charge in [-0.15, -0.1) is 0 Å². The van der Waals surface area contributed by atoms with Crippen LogP contribution in [0.3, 0.4) is 0 Å². The number of nitrogens with zero attached hydrogens (tertiary/aromatic N) is 1. The predicted octanol–water partition coefficient (Wildman–Crippen LogP) is 2.96. The molecule has 0 amide bonds. The molecule has 0 saturated heterocycles. The molecule has 3 N–H and O–H groups in total. The van der Waals surface area contributed by atoms with Crippen LogP contribution in [0.5, 0.6) is 5.88 Å². The second-order valence-electron chi connectivity index (χ2n) is 2.96. The van der Waals surface area contributed by atoms with E-state index in [9.17, 15) is 5.11 Å². The van der Waals surface area contributed by atoms with Crippen molar-refractivity contribution in [2.24, 2.45) is 5.10 Å². The molecule has 0 fully saturated rings. The quantitative estimate of drug-likeness (QED) is 0.446. The summed E-state index contributed by atoms with van der Waals surface area (Å²) < 4.78 is 0.527. The van der Waals surface area contributed by atoms with Gasteiger partial charge in [0.05, 0.1) is 11.9 Å². The lowest BCUT2D eigenvalue weighted by atomic mass is 10.3. The normalized spacial score (nSPS) is 10.8. The van der Waals surface area contributed by atoms with E-state index in [2.05, 4.69) is 15.5 Å². The van der Waals surface area contributed by atoms with Crippen molar-refractivity contribution < 1.29 is 5.11 Å². The lowest BCUT2D eigenvalue weighted by molar-refractivity contribution is 0.456. The van der Waals surface area contributed by atoms with E-state index < -0.39 is 0 Å². The van der Waals surface area contributed by atoms with Crippen LogP contribution in [0.1, 0.15) is 4.88 Å². The van der Waals surface area contributed by atoms with Crippen molar-refractivity contribution in [3.8, 4) is 5.88 Å². The molecule has 0 aliphatic carbocycles. The molecule has 0 unspecified atom stereocenters. The van der Waals surface area contributed by atoms with E-state index in [-0.39, 0.29) is 5.88 Å². The number of aromatic amines is 1.